The van der Waals surface area contributed by atoms with Crippen molar-refractivity contribution in [3.8, 4) is 17.3 Å². The van der Waals surface area contributed by atoms with Gasteiger partial charge in [0.25, 0.3) is 5.91 Å². The summed E-state index contributed by atoms with van der Waals surface area (Å²) < 4.78 is 12.2. The molecule has 9 heteroatoms. The molecule has 0 radical (unpaired) electrons. The number of ether oxygens (including phenoxy) is 2. The van der Waals surface area contributed by atoms with Gasteiger partial charge < -0.3 is 19.7 Å². The van der Waals surface area contributed by atoms with Gasteiger partial charge in [0, 0.05) is 31.4 Å². The number of nitrogens with zero attached hydrogens (tertiary/aromatic N) is 5. The van der Waals surface area contributed by atoms with Crippen LogP contribution in [0.5, 0.6) is 11.5 Å². The SMILES string of the molecule is COc1ccc(NC(=O)c2cn(-c3cc(N4CCC(C)CC4)ncn3)cn2)c(OC)c1. The van der Waals surface area contributed by atoms with E-state index in [-0.39, 0.29) is 11.6 Å². The summed E-state index contributed by atoms with van der Waals surface area (Å²) in [6, 6.07) is 7.10. The molecule has 9 nitrogen and oxygen atoms in total. The Kier molecular flexibility index (Phi) is 6.01. The van der Waals surface area contributed by atoms with E-state index in [2.05, 4.69) is 32.1 Å². The number of rotatable bonds is 6. The van der Waals surface area contributed by atoms with Crippen LogP contribution in [0.4, 0.5) is 11.5 Å². The molecule has 0 saturated carbocycles. The summed E-state index contributed by atoms with van der Waals surface area (Å²) in [5.41, 5.74) is 0.802. The number of piperidine rings is 1. The van der Waals surface area contributed by atoms with Crippen LogP contribution in [0.25, 0.3) is 5.82 Å². The Bertz CT molecular complexity index is 1060. The van der Waals surface area contributed by atoms with E-state index in [9.17, 15) is 4.79 Å². The topological polar surface area (TPSA) is 94.4 Å². The molecule has 0 unspecified atom stereocenters. The number of nitrogens with one attached hydrogen (secondary N) is 1. The summed E-state index contributed by atoms with van der Waals surface area (Å²) in [5.74, 6) is 3.10. The number of aromatic nitrogens is 4. The average Bonchev–Trinajstić information content (AvgIpc) is 3.30. The molecule has 1 N–H and O–H groups in total. The van der Waals surface area contributed by atoms with Crippen molar-refractivity contribution in [3.63, 3.8) is 0 Å². The number of methoxy groups -OCH3 is 2. The van der Waals surface area contributed by atoms with Gasteiger partial charge in [-0.15, -0.1) is 0 Å². The van der Waals surface area contributed by atoms with Gasteiger partial charge in [0.2, 0.25) is 0 Å². The number of carbonyl (C=O) groups is 1. The molecule has 3 aromatic rings. The number of hydrogen-bond donors (Lipinski definition) is 1. The van der Waals surface area contributed by atoms with Crippen molar-refractivity contribution in [3.05, 3.63) is 48.8 Å². The van der Waals surface area contributed by atoms with Gasteiger partial charge in [-0.05, 0) is 30.9 Å². The highest BCUT2D eigenvalue weighted by molar-refractivity contribution is 6.03. The van der Waals surface area contributed by atoms with E-state index in [1.807, 2.05) is 6.07 Å². The Hall–Kier alpha value is -3.62. The maximum atomic E-state index is 12.7. The number of carbonyl (C=O) groups excluding carboxylic acids is 1. The molecule has 31 heavy (non-hydrogen) atoms. The van der Waals surface area contributed by atoms with Gasteiger partial charge >= 0.3 is 0 Å². The third-order valence-corrected chi connectivity index (χ3v) is 5.48. The molecule has 4 rings (SSSR count). The molecule has 0 atom stereocenters. The van der Waals surface area contributed by atoms with E-state index in [1.165, 1.54) is 7.11 Å². The number of imidazole rings is 1. The van der Waals surface area contributed by atoms with Crippen LogP contribution in [-0.2, 0) is 0 Å². The van der Waals surface area contributed by atoms with E-state index in [0.717, 1.165) is 37.7 Å². The van der Waals surface area contributed by atoms with Gasteiger partial charge in [-0.2, -0.15) is 0 Å². The summed E-state index contributed by atoms with van der Waals surface area (Å²) in [5, 5.41) is 2.82. The second-order valence-electron chi connectivity index (χ2n) is 7.59. The summed E-state index contributed by atoms with van der Waals surface area (Å²) >= 11 is 0. The highest BCUT2D eigenvalue weighted by atomic mass is 16.5. The molecule has 0 aliphatic carbocycles. The molecule has 3 heterocycles. The normalized spacial score (nSPS) is 14.4. The summed E-state index contributed by atoms with van der Waals surface area (Å²) in [4.78, 5) is 28.0. The van der Waals surface area contributed by atoms with E-state index in [4.69, 9.17) is 9.47 Å². The number of benzene rings is 1. The molecular weight excluding hydrogens is 396 g/mol. The van der Waals surface area contributed by atoms with Gasteiger partial charge in [-0.3, -0.25) is 9.36 Å². The number of anilines is 2. The highest BCUT2D eigenvalue weighted by Gasteiger charge is 2.18. The first-order chi connectivity index (χ1) is 15.1. The predicted octanol–water partition coefficient (Wildman–Crippen LogP) is 3.17. The van der Waals surface area contributed by atoms with Crippen LogP contribution in [0.2, 0.25) is 0 Å². The Morgan fingerprint density at radius 1 is 1.06 bits per heavy atom. The lowest BCUT2D eigenvalue weighted by Gasteiger charge is -2.31. The zero-order valence-corrected chi connectivity index (χ0v) is 17.9. The first-order valence-corrected chi connectivity index (χ1v) is 10.2. The fourth-order valence-corrected chi connectivity index (χ4v) is 3.54. The van der Waals surface area contributed by atoms with Crippen LogP contribution in [0.1, 0.15) is 30.3 Å². The van der Waals surface area contributed by atoms with Crippen molar-refractivity contribution in [1.82, 2.24) is 19.5 Å². The Morgan fingerprint density at radius 2 is 1.84 bits per heavy atom. The molecule has 2 aromatic heterocycles. The van der Waals surface area contributed by atoms with Gasteiger partial charge in [0.15, 0.2) is 0 Å². The van der Waals surface area contributed by atoms with Crippen LogP contribution < -0.4 is 19.7 Å². The van der Waals surface area contributed by atoms with Crippen molar-refractivity contribution >= 4 is 17.4 Å². The van der Waals surface area contributed by atoms with E-state index in [0.29, 0.717) is 23.0 Å². The van der Waals surface area contributed by atoms with E-state index < -0.39 is 0 Å². The van der Waals surface area contributed by atoms with Crippen molar-refractivity contribution in [2.45, 2.75) is 19.8 Å². The quantitative estimate of drug-likeness (QED) is 0.652. The molecular formula is C22H26N6O3. The zero-order chi connectivity index (χ0) is 21.8. The lowest BCUT2D eigenvalue weighted by Crippen LogP contribution is -2.33. The Morgan fingerprint density at radius 3 is 2.58 bits per heavy atom. The number of amides is 1. The number of hydrogen-bond acceptors (Lipinski definition) is 7. The molecule has 0 spiro atoms. The largest absolute Gasteiger partial charge is 0.497 e. The summed E-state index contributed by atoms with van der Waals surface area (Å²) in [6.07, 6.45) is 7.08. The van der Waals surface area contributed by atoms with Gasteiger partial charge in [0.1, 0.15) is 41.5 Å². The second-order valence-corrected chi connectivity index (χ2v) is 7.59. The van der Waals surface area contributed by atoms with Crippen molar-refractivity contribution < 1.29 is 14.3 Å². The molecule has 1 fully saturated rings. The van der Waals surface area contributed by atoms with Crippen LogP contribution >= 0.6 is 0 Å². The van der Waals surface area contributed by atoms with E-state index >= 15 is 0 Å². The first-order valence-electron chi connectivity index (χ1n) is 10.2. The minimum absolute atomic E-state index is 0.268. The lowest BCUT2D eigenvalue weighted by molar-refractivity contribution is 0.102. The van der Waals surface area contributed by atoms with Gasteiger partial charge in [-0.25, -0.2) is 15.0 Å². The Balaban J connectivity index is 1.49. The molecule has 1 aliphatic rings. The lowest BCUT2D eigenvalue weighted by atomic mass is 9.99. The smallest absolute Gasteiger partial charge is 0.275 e. The molecule has 162 valence electrons. The van der Waals surface area contributed by atoms with Crippen LogP contribution in [0.3, 0.4) is 0 Å². The minimum Gasteiger partial charge on any atom is -0.497 e. The van der Waals surface area contributed by atoms with Gasteiger partial charge in [-0.1, -0.05) is 6.92 Å². The summed E-state index contributed by atoms with van der Waals surface area (Å²) in [7, 11) is 3.11. The highest BCUT2D eigenvalue weighted by Crippen LogP contribution is 2.29. The molecule has 1 aliphatic heterocycles. The van der Waals surface area contributed by atoms with Crippen LogP contribution in [-0.4, -0.2) is 52.7 Å². The molecule has 1 amide bonds. The maximum absolute atomic E-state index is 12.7. The second kappa shape index (κ2) is 9.03. The molecule has 0 bridgehead atoms. The summed E-state index contributed by atoms with van der Waals surface area (Å²) in [6.45, 7) is 4.25. The fourth-order valence-electron chi connectivity index (χ4n) is 3.54. The van der Waals surface area contributed by atoms with Crippen molar-refractivity contribution in [2.24, 2.45) is 5.92 Å². The van der Waals surface area contributed by atoms with Crippen molar-refractivity contribution in [1.29, 1.82) is 0 Å². The van der Waals surface area contributed by atoms with Crippen LogP contribution in [0, 0.1) is 5.92 Å². The predicted molar refractivity (Wildman–Crippen MR) is 117 cm³/mol. The monoisotopic (exact) mass is 422 g/mol. The van der Waals surface area contributed by atoms with Gasteiger partial charge in [0.05, 0.1) is 19.9 Å². The van der Waals surface area contributed by atoms with E-state index in [1.54, 1.807) is 48.7 Å². The third-order valence-electron chi connectivity index (χ3n) is 5.48. The third kappa shape index (κ3) is 4.60. The fraction of sp³-hybridized carbons (Fsp3) is 0.364. The first kappa shape index (κ1) is 20.6. The maximum Gasteiger partial charge on any atom is 0.275 e. The average molecular weight is 422 g/mol. The van der Waals surface area contributed by atoms with Crippen molar-refractivity contribution in [2.75, 3.05) is 37.5 Å². The Labute approximate surface area is 181 Å². The molecule has 1 aromatic carbocycles. The zero-order valence-electron chi connectivity index (χ0n) is 17.9. The molecule has 1 saturated heterocycles. The minimum atomic E-state index is -0.346. The standard InChI is InChI=1S/C22H26N6O3/c1-15-6-8-27(9-7-15)20-11-21(24-13-23-20)28-12-18(25-14-28)22(29)26-17-5-4-16(30-2)10-19(17)31-3/h4-5,10-15H,6-9H2,1-3H3,(H,26,29). The van der Waals surface area contributed by atoms with Crippen LogP contribution in [0.15, 0.2) is 43.1 Å².